The van der Waals surface area contributed by atoms with E-state index in [1.54, 1.807) is 0 Å². The van der Waals surface area contributed by atoms with Gasteiger partial charge in [0, 0.05) is 11.5 Å². The Hall–Kier alpha value is -2.09. The van der Waals surface area contributed by atoms with Gasteiger partial charge >= 0.3 is 0 Å². The van der Waals surface area contributed by atoms with Crippen molar-refractivity contribution in [2.24, 2.45) is 0 Å². The smallest absolute Gasteiger partial charge is 0.170 e. The van der Waals surface area contributed by atoms with E-state index in [-0.39, 0.29) is 11.7 Å². The molecule has 0 saturated carbocycles. The second-order valence-corrected chi connectivity index (χ2v) is 5.58. The topological polar surface area (TPSA) is 26.3 Å². The zero-order chi connectivity index (χ0) is 15.8. The van der Waals surface area contributed by atoms with Gasteiger partial charge in [-0.25, -0.2) is 0 Å². The van der Waals surface area contributed by atoms with Crippen LogP contribution in [0.4, 0.5) is 0 Å². The van der Waals surface area contributed by atoms with Gasteiger partial charge in [0.05, 0.1) is 6.61 Å². The fourth-order valence-electron chi connectivity index (χ4n) is 2.40. The van der Waals surface area contributed by atoms with Crippen LogP contribution in [-0.2, 0) is 0 Å². The fraction of sp³-hybridized carbons (Fsp3) is 0.350. The van der Waals surface area contributed by atoms with Crippen LogP contribution in [0, 0.1) is 0 Å². The molecule has 0 aliphatic carbocycles. The van der Waals surface area contributed by atoms with Crippen LogP contribution in [-0.4, -0.2) is 12.4 Å². The minimum absolute atomic E-state index is 0.127. The molecule has 2 aromatic carbocycles. The summed E-state index contributed by atoms with van der Waals surface area (Å²) in [5.74, 6) is 0.848. The molecule has 0 aliphatic rings. The minimum Gasteiger partial charge on any atom is -0.494 e. The van der Waals surface area contributed by atoms with Crippen LogP contribution in [0.3, 0.4) is 0 Å². The molecule has 1 atom stereocenters. The summed E-state index contributed by atoms with van der Waals surface area (Å²) in [7, 11) is 0. The largest absolute Gasteiger partial charge is 0.494 e. The van der Waals surface area contributed by atoms with E-state index in [4.69, 9.17) is 4.74 Å². The van der Waals surface area contributed by atoms with Gasteiger partial charge in [-0.15, -0.1) is 0 Å². The Morgan fingerprint density at radius 3 is 2.32 bits per heavy atom. The third kappa shape index (κ3) is 4.45. The van der Waals surface area contributed by atoms with Crippen molar-refractivity contribution in [1.82, 2.24) is 0 Å². The van der Waals surface area contributed by atoms with Crippen LogP contribution in [0.2, 0.25) is 0 Å². The highest BCUT2D eigenvalue weighted by molar-refractivity contribution is 6.00. The lowest BCUT2D eigenvalue weighted by atomic mass is 9.92. The standard InChI is InChI=1S/C20H24O2/c1-3-4-8-15-22-19-13-11-18(12-14-19)20(21)16(2)17-9-6-5-7-10-17/h5-7,9-14,16H,3-4,8,15H2,1-2H3. The lowest BCUT2D eigenvalue weighted by Gasteiger charge is -2.11. The number of carbonyl (C=O) groups excluding carboxylic acids is 1. The molecule has 0 heterocycles. The second kappa shape index (κ2) is 8.38. The molecule has 0 bridgehead atoms. The van der Waals surface area contributed by atoms with Crippen LogP contribution in [0.5, 0.6) is 5.75 Å². The van der Waals surface area contributed by atoms with E-state index < -0.39 is 0 Å². The van der Waals surface area contributed by atoms with Gasteiger partial charge in [0.15, 0.2) is 5.78 Å². The van der Waals surface area contributed by atoms with Crippen molar-refractivity contribution >= 4 is 5.78 Å². The molecule has 1 unspecified atom stereocenters. The molecular weight excluding hydrogens is 272 g/mol. The van der Waals surface area contributed by atoms with Crippen molar-refractivity contribution < 1.29 is 9.53 Å². The van der Waals surface area contributed by atoms with Crippen LogP contribution in [0.1, 0.15) is 54.9 Å². The maximum atomic E-state index is 12.5. The Labute approximate surface area is 133 Å². The maximum absolute atomic E-state index is 12.5. The van der Waals surface area contributed by atoms with Crippen molar-refractivity contribution in [2.45, 2.75) is 39.0 Å². The van der Waals surface area contributed by atoms with E-state index in [1.165, 1.54) is 12.8 Å². The Balaban J connectivity index is 1.96. The molecule has 116 valence electrons. The quantitative estimate of drug-likeness (QED) is 0.492. The van der Waals surface area contributed by atoms with Crippen molar-refractivity contribution in [3.63, 3.8) is 0 Å². The molecule has 2 heteroatoms. The van der Waals surface area contributed by atoms with Crippen LogP contribution in [0.25, 0.3) is 0 Å². The van der Waals surface area contributed by atoms with Crippen molar-refractivity contribution in [3.05, 3.63) is 65.7 Å². The number of hydrogen-bond donors (Lipinski definition) is 0. The summed E-state index contributed by atoms with van der Waals surface area (Å²) < 4.78 is 5.68. The first-order chi connectivity index (χ1) is 10.7. The first-order valence-corrected chi connectivity index (χ1v) is 8.04. The Morgan fingerprint density at radius 2 is 1.68 bits per heavy atom. The highest BCUT2D eigenvalue weighted by Crippen LogP contribution is 2.22. The molecule has 2 aromatic rings. The van der Waals surface area contributed by atoms with Crippen molar-refractivity contribution in [2.75, 3.05) is 6.61 Å². The number of rotatable bonds is 8. The summed E-state index contributed by atoms with van der Waals surface area (Å²) in [5, 5.41) is 0. The maximum Gasteiger partial charge on any atom is 0.170 e. The van der Waals surface area contributed by atoms with Gasteiger partial charge in [0.2, 0.25) is 0 Å². The Morgan fingerprint density at radius 1 is 1.00 bits per heavy atom. The number of benzene rings is 2. The Bertz CT molecular complexity index is 572. The monoisotopic (exact) mass is 296 g/mol. The number of ether oxygens (including phenoxy) is 1. The number of carbonyl (C=O) groups is 1. The van der Waals surface area contributed by atoms with Gasteiger partial charge in [0.1, 0.15) is 5.75 Å². The first kappa shape index (κ1) is 16.3. The van der Waals surface area contributed by atoms with Gasteiger partial charge in [-0.05, 0) is 36.2 Å². The van der Waals surface area contributed by atoms with E-state index in [0.29, 0.717) is 0 Å². The predicted molar refractivity (Wildman–Crippen MR) is 90.6 cm³/mol. The lowest BCUT2D eigenvalue weighted by molar-refractivity contribution is 0.0966. The zero-order valence-corrected chi connectivity index (χ0v) is 13.4. The minimum atomic E-state index is -0.127. The van der Waals surface area contributed by atoms with E-state index in [1.807, 2.05) is 61.5 Å². The second-order valence-electron chi connectivity index (χ2n) is 5.58. The highest BCUT2D eigenvalue weighted by atomic mass is 16.5. The predicted octanol–water partition coefficient (Wildman–Crippen LogP) is 5.24. The average molecular weight is 296 g/mol. The molecule has 0 amide bonds. The molecule has 0 radical (unpaired) electrons. The molecule has 2 rings (SSSR count). The number of Topliss-reactive ketones (excluding diaryl/α,β-unsaturated/α-hetero) is 1. The molecule has 0 aliphatic heterocycles. The van der Waals surface area contributed by atoms with Gasteiger partial charge in [0.25, 0.3) is 0 Å². The summed E-state index contributed by atoms with van der Waals surface area (Å²) in [6, 6.07) is 17.4. The zero-order valence-electron chi connectivity index (χ0n) is 13.4. The average Bonchev–Trinajstić information content (AvgIpc) is 2.59. The molecule has 0 aromatic heterocycles. The van der Waals surface area contributed by atoms with Gasteiger partial charge in [-0.3, -0.25) is 4.79 Å². The lowest BCUT2D eigenvalue weighted by Crippen LogP contribution is -2.09. The highest BCUT2D eigenvalue weighted by Gasteiger charge is 2.16. The summed E-state index contributed by atoms with van der Waals surface area (Å²) in [4.78, 5) is 12.5. The van der Waals surface area contributed by atoms with Crippen molar-refractivity contribution in [1.29, 1.82) is 0 Å². The molecule has 2 nitrogen and oxygen atoms in total. The number of unbranched alkanes of at least 4 members (excludes halogenated alkanes) is 2. The summed E-state index contributed by atoms with van der Waals surface area (Å²) in [6.45, 7) is 4.86. The van der Waals surface area contributed by atoms with E-state index in [9.17, 15) is 4.79 Å². The van der Waals surface area contributed by atoms with E-state index in [2.05, 4.69) is 6.92 Å². The first-order valence-electron chi connectivity index (χ1n) is 8.04. The van der Waals surface area contributed by atoms with Crippen LogP contribution in [0.15, 0.2) is 54.6 Å². The Kier molecular flexibility index (Phi) is 6.20. The normalized spacial score (nSPS) is 11.9. The van der Waals surface area contributed by atoms with E-state index in [0.717, 1.165) is 29.9 Å². The summed E-state index contributed by atoms with van der Waals surface area (Å²) >= 11 is 0. The van der Waals surface area contributed by atoms with Crippen LogP contribution >= 0.6 is 0 Å². The van der Waals surface area contributed by atoms with Gasteiger partial charge in [-0.1, -0.05) is 57.0 Å². The molecule has 22 heavy (non-hydrogen) atoms. The van der Waals surface area contributed by atoms with E-state index >= 15 is 0 Å². The summed E-state index contributed by atoms with van der Waals surface area (Å²) in [5.41, 5.74) is 1.78. The SMILES string of the molecule is CCCCCOc1ccc(C(=O)C(C)c2ccccc2)cc1. The van der Waals surface area contributed by atoms with Gasteiger partial charge in [-0.2, -0.15) is 0 Å². The fourth-order valence-corrected chi connectivity index (χ4v) is 2.40. The molecule has 0 N–H and O–H groups in total. The summed E-state index contributed by atoms with van der Waals surface area (Å²) in [6.07, 6.45) is 3.45. The molecule has 0 spiro atoms. The van der Waals surface area contributed by atoms with Crippen LogP contribution < -0.4 is 4.74 Å². The molecule has 0 saturated heterocycles. The third-order valence-electron chi connectivity index (χ3n) is 3.85. The van der Waals surface area contributed by atoms with Crippen molar-refractivity contribution in [3.8, 4) is 5.75 Å². The van der Waals surface area contributed by atoms with Gasteiger partial charge < -0.3 is 4.74 Å². The number of hydrogen-bond acceptors (Lipinski definition) is 2. The molecule has 0 fully saturated rings. The third-order valence-corrected chi connectivity index (χ3v) is 3.85. The number of ketones is 1. The molecular formula is C20H24O2.